The molecule has 0 unspecified atom stereocenters. The summed E-state index contributed by atoms with van der Waals surface area (Å²) in [5, 5.41) is 12.3. The Morgan fingerprint density at radius 2 is 2.00 bits per heavy atom. The standard InChI is InChI=1S/C12H10Br2N2O2/c13-9-4-7(5-10(14)11(9)17)12(18)16-6-8-2-1-3-15-8/h1-5,15,17H,6H2,(H,16,18). The fourth-order valence-corrected chi connectivity index (χ4v) is 2.64. The monoisotopic (exact) mass is 372 g/mol. The molecule has 0 aliphatic heterocycles. The number of carbonyl (C=O) groups excluding carboxylic acids is 1. The lowest BCUT2D eigenvalue weighted by Gasteiger charge is -2.07. The van der Waals surface area contributed by atoms with Gasteiger partial charge in [-0.25, -0.2) is 0 Å². The van der Waals surface area contributed by atoms with E-state index in [1.165, 1.54) is 0 Å². The van der Waals surface area contributed by atoms with Gasteiger partial charge < -0.3 is 15.4 Å². The van der Waals surface area contributed by atoms with Crippen molar-refractivity contribution in [2.24, 2.45) is 0 Å². The van der Waals surface area contributed by atoms with E-state index in [1.807, 2.05) is 12.1 Å². The highest BCUT2D eigenvalue weighted by atomic mass is 79.9. The van der Waals surface area contributed by atoms with E-state index in [9.17, 15) is 9.90 Å². The van der Waals surface area contributed by atoms with Crippen LogP contribution in [-0.4, -0.2) is 16.0 Å². The van der Waals surface area contributed by atoms with Crippen LogP contribution < -0.4 is 5.32 Å². The first-order valence-corrected chi connectivity index (χ1v) is 6.75. The first kappa shape index (κ1) is 13.2. The van der Waals surface area contributed by atoms with Crippen LogP contribution in [0.4, 0.5) is 0 Å². The molecular formula is C12H10Br2N2O2. The number of benzene rings is 1. The molecule has 0 bridgehead atoms. The van der Waals surface area contributed by atoms with Crippen LogP contribution in [0.25, 0.3) is 0 Å². The Labute approximate surface area is 121 Å². The number of nitrogens with one attached hydrogen (secondary N) is 2. The molecule has 0 saturated heterocycles. The molecule has 0 aliphatic carbocycles. The molecule has 1 aromatic carbocycles. The summed E-state index contributed by atoms with van der Waals surface area (Å²) in [6, 6.07) is 6.91. The summed E-state index contributed by atoms with van der Waals surface area (Å²) < 4.78 is 0.948. The summed E-state index contributed by atoms with van der Waals surface area (Å²) >= 11 is 6.38. The third-order valence-electron chi connectivity index (χ3n) is 2.38. The molecule has 0 spiro atoms. The molecule has 4 nitrogen and oxygen atoms in total. The molecular weight excluding hydrogens is 364 g/mol. The summed E-state index contributed by atoms with van der Waals surface area (Å²) in [5.74, 6) is -0.123. The van der Waals surface area contributed by atoms with Crippen LogP contribution in [0.2, 0.25) is 0 Å². The Balaban J connectivity index is 2.09. The van der Waals surface area contributed by atoms with Crippen LogP contribution in [0.15, 0.2) is 39.4 Å². The summed E-state index contributed by atoms with van der Waals surface area (Å²) in [4.78, 5) is 14.9. The minimum absolute atomic E-state index is 0.0796. The molecule has 3 N–H and O–H groups in total. The molecule has 18 heavy (non-hydrogen) atoms. The van der Waals surface area contributed by atoms with E-state index in [-0.39, 0.29) is 11.7 Å². The van der Waals surface area contributed by atoms with Gasteiger partial charge in [0, 0.05) is 17.5 Å². The van der Waals surface area contributed by atoms with E-state index in [0.717, 1.165) is 5.69 Å². The maximum absolute atomic E-state index is 11.9. The maximum atomic E-state index is 11.9. The first-order chi connectivity index (χ1) is 8.58. The van der Waals surface area contributed by atoms with Crippen molar-refractivity contribution in [3.8, 4) is 5.75 Å². The second-order valence-electron chi connectivity index (χ2n) is 3.67. The predicted octanol–water partition coefficient (Wildman–Crippen LogP) is 3.18. The number of phenolic OH excluding ortho intramolecular Hbond substituents is 1. The number of halogens is 2. The molecule has 0 radical (unpaired) electrons. The van der Waals surface area contributed by atoms with Crippen LogP contribution in [-0.2, 0) is 6.54 Å². The molecule has 1 amide bonds. The zero-order chi connectivity index (χ0) is 13.1. The fraction of sp³-hybridized carbons (Fsp3) is 0.0833. The van der Waals surface area contributed by atoms with E-state index in [1.54, 1.807) is 18.3 Å². The molecule has 1 aromatic heterocycles. The van der Waals surface area contributed by atoms with Gasteiger partial charge in [0.05, 0.1) is 15.5 Å². The van der Waals surface area contributed by atoms with Gasteiger partial charge >= 0.3 is 0 Å². The minimum Gasteiger partial charge on any atom is -0.506 e. The highest BCUT2D eigenvalue weighted by Crippen LogP contribution is 2.33. The third-order valence-corrected chi connectivity index (χ3v) is 3.59. The van der Waals surface area contributed by atoms with Crippen LogP contribution in [0, 0.1) is 0 Å². The van der Waals surface area contributed by atoms with Crippen LogP contribution in [0.3, 0.4) is 0 Å². The lowest BCUT2D eigenvalue weighted by Crippen LogP contribution is -2.22. The number of carbonyl (C=O) groups is 1. The zero-order valence-corrected chi connectivity index (χ0v) is 12.4. The first-order valence-electron chi connectivity index (χ1n) is 5.16. The van der Waals surface area contributed by atoms with Crippen molar-refractivity contribution >= 4 is 37.8 Å². The van der Waals surface area contributed by atoms with E-state index in [0.29, 0.717) is 21.1 Å². The van der Waals surface area contributed by atoms with Gasteiger partial charge in [0.15, 0.2) is 0 Å². The highest BCUT2D eigenvalue weighted by Gasteiger charge is 2.11. The van der Waals surface area contributed by atoms with Gasteiger partial charge in [-0.3, -0.25) is 4.79 Å². The number of amides is 1. The average Bonchev–Trinajstić information content (AvgIpc) is 2.85. The van der Waals surface area contributed by atoms with Crippen molar-refractivity contribution in [2.75, 3.05) is 0 Å². The molecule has 1 heterocycles. The quantitative estimate of drug-likeness (QED) is 0.773. The van der Waals surface area contributed by atoms with E-state index in [2.05, 4.69) is 42.2 Å². The van der Waals surface area contributed by atoms with Crippen LogP contribution in [0.5, 0.6) is 5.75 Å². The van der Waals surface area contributed by atoms with Gasteiger partial charge in [0.2, 0.25) is 0 Å². The lowest BCUT2D eigenvalue weighted by atomic mass is 10.2. The number of phenols is 1. The number of hydrogen-bond donors (Lipinski definition) is 3. The fourth-order valence-electron chi connectivity index (χ4n) is 1.45. The van der Waals surface area contributed by atoms with Crippen molar-refractivity contribution < 1.29 is 9.90 Å². The number of H-pyrrole nitrogens is 1. The summed E-state index contributed by atoms with van der Waals surface area (Å²) in [7, 11) is 0. The van der Waals surface area contributed by atoms with Crippen molar-refractivity contribution in [1.82, 2.24) is 10.3 Å². The molecule has 0 atom stereocenters. The normalized spacial score (nSPS) is 10.3. The number of hydrogen-bond acceptors (Lipinski definition) is 2. The second kappa shape index (κ2) is 5.58. The molecule has 6 heteroatoms. The van der Waals surface area contributed by atoms with Crippen molar-refractivity contribution in [3.63, 3.8) is 0 Å². The zero-order valence-electron chi connectivity index (χ0n) is 9.21. The van der Waals surface area contributed by atoms with Gasteiger partial charge in [-0.1, -0.05) is 0 Å². The Morgan fingerprint density at radius 3 is 2.56 bits per heavy atom. The Kier molecular flexibility index (Phi) is 4.08. The Bertz CT molecular complexity index is 544. The largest absolute Gasteiger partial charge is 0.506 e. The smallest absolute Gasteiger partial charge is 0.251 e. The molecule has 2 aromatic rings. The second-order valence-corrected chi connectivity index (χ2v) is 5.38. The number of aromatic nitrogens is 1. The number of aromatic hydroxyl groups is 1. The summed E-state index contributed by atoms with van der Waals surface area (Å²) in [5.41, 5.74) is 1.40. The topological polar surface area (TPSA) is 65.1 Å². The Morgan fingerprint density at radius 1 is 1.33 bits per heavy atom. The number of rotatable bonds is 3. The highest BCUT2D eigenvalue weighted by molar-refractivity contribution is 9.11. The van der Waals surface area contributed by atoms with Gasteiger partial charge in [0.25, 0.3) is 5.91 Å². The summed E-state index contributed by atoms with van der Waals surface area (Å²) in [6.45, 7) is 0.432. The van der Waals surface area contributed by atoms with Gasteiger partial charge in [-0.05, 0) is 56.1 Å². The average molecular weight is 374 g/mol. The van der Waals surface area contributed by atoms with Crippen molar-refractivity contribution in [1.29, 1.82) is 0 Å². The Hall–Kier alpha value is -1.27. The van der Waals surface area contributed by atoms with Crippen LogP contribution >= 0.6 is 31.9 Å². The lowest BCUT2D eigenvalue weighted by molar-refractivity contribution is 0.0950. The molecule has 0 fully saturated rings. The third kappa shape index (κ3) is 2.94. The van der Waals surface area contributed by atoms with Crippen molar-refractivity contribution in [3.05, 3.63) is 50.7 Å². The van der Waals surface area contributed by atoms with Crippen LogP contribution in [0.1, 0.15) is 16.1 Å². The minimum atomic E-state index is -0.203. The maximum Gasteiger partial charge on any atom is 0.251 e. The van der Waals surface area contributed by atoms with E-state index < -0.39 is 0 Å². The van der Waals surface area contributed by atoms with Gasteiger partial charge in [0.1, 0.15) is 5.75 Å². The molecule has 0 saturated carbocycles. The molecule has 94 valence electrons. The van der Waals surface area contributed by atoms with Gasteiger partial charge in [-0.15, -0.1) is 0 Å². The molecule has 2 rings (SSSR count). The van der Waals surface area contributed by atoms with Gasteiger partial charge in [-0.2, -0.15) is 0 Å². The van der Waals surface area contributed by atoms with E-state index in [4.69, 9.17) is 0 Å². The summed E-state index contributed by atoms with van der Waals surface area (Å²) in [6.07, 6.45) is 1.80. The number of aromatic amines is 1. The van der Waals surface area contributed by atoms with Crippen molar-refractivity contribution in [2.45, 2.75) is 6.54 Å². The molecule has 0 aliphatic rings. The van der Waals surface area contributed by atoms with E-state index >= 15 is 0 Å². The SMILES string of the molecule is O=C(NCc1ccc[nH]1)c1cc(Br)c(O)c(Br)c1. The predicted molar refractivity (Wildman–Crippen MR) is 75.5 cm³/mol.